The van der Waals surface area contributed by atoms with E-state index in [0.29, 0.717) is 18.1 Å². The molecule has 3 aromatic rings. The van der Waals surface area contributed by atoms with Crippen LogP contribution in [0.15, 0.2) is 48.5 Å². The van der Waals surface area contributed by atoms with Gasteiger partial charge in [0.25, 0.3) is 5.91 Å². The van der Waals surface area contributed by atoms with E-state index < -0.39 is 0 Å². The number of H-pyrrole nitrogens is 1. The second-order valence-corrected chi connectivity index (χ2v) is 7.44. The molecule has 7 heteroatoms. The van der Waals surface area contributed by atoms with Crippen LogP contribution >= 0.6 is 0 Å². The van der Waals surface area contributed by atoms with Crippen molar-refractivity contribution in [3.8, 4) is 0 Å². The topological polar surface area (TPSA) is 90.3 Å². The van der Waals surface area contributed by atoms with Crippen LogP contribution in [0.5, 0.6) is 0 Å². The Labute approximate surface area is 164 Å². The van der Waals surface area contributed by atoms with E-state index in [9.17, 15) is 4.79 Å². The summed E-state index contributed by atoms with van der Waals surface area (Å²) in [7, 11) is 2.13. The molecule has 4 N–H and O–H groups in total. The lowest BCUT2D eigenvalue weighted by Gasteiger charge is -2.40. The van der Waals surface area contributed by atoms with Crippen molar-refractivity contribution in [1.82, 2.24) is 25.1 Å². The third-order valence-corrected chi connectivity index (χ3v) is 5.30. The van der Waals surface area contributed by atoms with Gasteiger partial charge in [-0.05, 0) is 30.8 Å². The Bertz CT molecular complexity index is 954. The fourth-order valence-corrected chi connectivity index (χ4v) is 3.75. The first-order valence-electron chi connectivity index (χ1n) is 9.58. The molecule has 0 bridgehead atoms. The molecule has 4 rings (SSSR count). The van der Waals surface area contributed by atoms with Gasteiger partial charge in [0, 0.05) is 44.3 Å². The highest BCUT2D eigenvalue weighted by atomic mass is 16.1. The number of nitrogen functional groups attached to an aromatic ring is 1. The molecule has 1 aliphatic heterocycles. The third kappa shape index (κ3) is 4.16. The summed E-state index contributed by atoms with van der Waals surface area (Å²) >= 11 is 0. The summed E-state index contributed by atoms with van der Waals surface area (Å²) in [6, 6.07) is 16.1. The van der Waals surface area contributed by atoms with Gasteiger partial charge in [-0.1, -0.05) is 30.3 Å². The first-order valence-corrected chi connectivity index (χ1v) is 9.58. The van der Waals surface area contributed by atoms with Crippen LogP contribution in [0.25, 0.3) is 11.0 Å². The number of nitrogens with zero attached hydrogens (tertiary/aromatic N) is 3. The predicted molar refractivity (Wildman–Crippen MR) is 111 cm³/mol. The second kappa shape index (κ2) is 8.00. The zero-order valence-electron chi connectivity index (χ0n) is 16.1. The van der Waals surface area contributed by atoms with Crippen molar-refractivity contribution in [3.05, 3.63) is 59.7 Å². The van der Waals surface area contributed by atoms with Gasteiger partial charge in [0.1, 0.15) is 0 Å². The highest BCUT2D eigenvalue weighted by molar-refractivity contribution is 5.97. The second-order valence-electron chi connectivity index (χ2n) is 7.44. The summed E-state index contributed by atoms with van der Waals surface area (Å²) in [6.45, 7) is 4.47. The zero-order valence-corrected chi connectivity index (χ0v) is 16.1. The van der Waals surface area contributed by atoms with Crippen molar-refractivity contribution in [2.45, 2.75) is 12.6 Å². The zero-order chi connectivity index (χ0) is 19.5. The summed E-state index contributed by atoms with van der Waals surface area (Å²) in [5.41, 5.74) is 9.12. The molecular formula is C21H26N6O. The molecule has 28 heavy (non-hydrogen) atoms. The smallest absolute Gasteiger partial charge is 0.251 e. The van der Waals surface area contributed by atoms with Crippen LogP contribution < -0.4 is 11.1 Å². The summed E-state index contributed by atoms with van der Waals surface area (Å²) in [4.78, 5) is 24.6. The number of hydrogen-bond acceptors (Lipinski definition) is 5. The normalized spacial score (nSPS) is 18.4. The van der Waals surface area contributed by atoms with Gasteiger partial charge in [-0.3, -0.25) is 9.69 Å². The third-order valence-electron chi connectivity index (χ3n) is 5.30. The highest BCUT2D eigenvalue weighted by Gasteiger charge is 2.25. The molecule has 0 saturated carbocycles. The fraction of sp³-hybridized carbons (Fsp3) is 0.333. The van der Waals surface area contributed by atoms with E-state index in [1.165, 1.54) is 5.56 Å². The van der Waals surface area contributed by atoms with E-state index in [1.807, 2.05) is 12.1 Å². The van der Waals surface area contributed by atoms with Crippen LogP contribution in [0.2, 0.25) is 0 Å². The maximum Gasteiger partial charge on any atom is 0.251 e. The molecule has 1 aromatic heterocycles. The molecule has 7 nitrogen and oxygen atoms in total. The minimum absolute atomic E-state index is 0.0806. The first kappa shape index (κ1) is 18.5. The molecule has 0 radical (unpaired) electrons. The van der Waals surface area contributed by atoms with Crippen LogP contribution in [0.4, 0.5) is 5.95 Å². The van der Waals surface area contributed by atoms with Crippen molar-refractivity contribution in [1.29, 1.82) is 0 Å². The number of likely N-dealkylation sites (N-methyl/N-ethyl adjacent to an activating group) is 1. The molecule has 1 fully saturated rings. The van der Waals surface area contributed by atoms with Crippen molar-refractivity contribution in [2.24, 2.45) is 0 Å². The Balaban J connectivity index is 1.42. The Morgan fingerprint density at radius 1 is 1.25 bits per heavy atom. The van der Waals surface area contributed by atoms with Gasteiger partial charge in [-0.15, -0.1) is 0 Å². The number of carbonyl (C=O) groups is 1. The van der Waals surface area contributed by atoms with Crippen molar-refractivity contribution in [3.63, 3.8) is 0 Å². The molecule has 1 unspecified atom stereocenters. The van der Waals surface area contributed by atoms with Gasteiger partial charge in [0.15, 0.2) is 5.95 Å². The number of nitrogens with one attached hydrogen (secondary N) is 2. The van der Waals surface area contributed by atoms with Gasteiger partial charge in [0.2, 0.25) is 0 Å². The Morgan fingerprint density at radius 2 is 2.07 bits per heavy atom. The molecule has 2 aromatic carbocycles. The monoisotopic (exact) mass is 378 g/mol. The molecule has 0 spiro atoms. The maximum absolute atomic E-state index is 12.7. The average Bonchev–Trinajstić information content (AvgIpc) is 3.08. The van der Waals surface area contributed by atoms with Crippen LogP contribution in [-0.2, 0) is 6.54 Å². The van der Waals surface area contributed by atoms with Gasteiger partial charge >= 0.3 is 0 Å². The number of aromatic nitrogens is 2. The highest BCUT2D eigenvalue weighted by Crippen LogP contribution is 2.16. The number of anilines is 1. The van der Waals surface area contributed by atoms with Crippen LogP contribution in [0, 0.1) is 0 Å². The number of rotatable bonds is 5. The number of nitrogens with two attached hydrogens (primary N) is 1. The summed E-state index contributed by atoms with van der Waals surface area (Å²) < 4.78 is 0. The Hall–Kier alpha value is -2.90. The largest absolute Gasteiger partial charge is 0.369 e. The van der Waals surface area contributed by atoms with E-state index in [2.05, 4.69) is 56.4 Å². The summed E-state index contributed by atoms with van der Waals surface area (Å²) in [6.07, 6.45) is 0. The lowest BCUT2D eigenvalue weighted by Crippen LogP contribution is -2.55. The quantitative estimate of drug-likeness (QED) is 0.629. The number of amides is 1. The summed E-state index contributed by atoms with van der Waals surface area (Å²) in [5, 5.41) is 3.10. The molecule has 1 saturated heterocycles. The van der Waals surface area contributed by atoms with Gasteiger partial charge in [0.05, 0.1) is 11.0 Å². The molecular weight excluding hydrogens is 352 g/mol. The van der Waals surface area contributed by atoms with E-state index >= 15 is 0 Å². The number of piperazine rings is 1. The average molecular weight is 378 g/mol. The van der Waals surface area contributed by atoms with Crippen molar-refractivity contribution >= 4 is 22.9 Å². The van der Waals surface area contributed by atoms with E-state index in [-0.39, 0.29) is 11.9 Å². The van der Waals surface area contributed by atoms with Gasteiger partial charge in [-0.25, -0.2) is 4.98 Å². The lowest BCUT2D eigenvalue weighted by molar-refractivity contribution is 0.0756. The minimum atomic E-state index is -0.0806. The Kier molecular flexibility index (Phi) is 5.27. The Morgan fingerprint density at radius 3 is 2.89 bits per heavy atom. The van der Waals surface area contributed by atoms with Gasteiger partial charge < -0.3 is 20.9 Å². The molecule has 2 heterocycles. The number of imidazole rings is 1. The standard InChI is InChI=1S/C21H26N6O/c1-26-9-10-27(13-15-5-3-2-4-6-15)17(14-26)12-23-20(28)16-7-8-18-19(11-16)25-21(22)24-18/h2-8,11,17H,9-10,12-14H2,1H3,(H,23,28)(H3,22,24,25). The number of aromatic amines is 1. The molecule has 1 atom stereocenters. The SMILES string of the molecule is CN1CCN(Cc2ccccc2)C(CNC(=O)c2ccc3nc(N)[nH]c3c2)C1. The minimum Gasteiger partial charge on any atom is -0.369 e. The van der Waals surface area contributed by atoms with Crippen LogP contribution in [-0.4, -0.2) is 64.9 Å². The first-order chi connectivity index (χ1) is 13.6. The number of benzene rings is 2. The van der Waals surface area contributed by atoms with E-state index in [1.54, 1.807) is 12.1 Å². The van der Waals surface area contributed by atoms with Crippen molar-refractivity contribution in [2.75, 3.05) is 39.0 Å². The molecule has 1 aliphatic rings. The lowest BCUT2D eigenvalue weighted by atomic mass is 10.1. The maximum atomic E-state index is 12.7. The summed E-state index contributed by atoms with van der Waals surface area (Å²) in [5.74, 6) is 0.275. The van der Waals surface area contributed by atoms with Crippen LogP contribution in [0.3, 0.4) is 0 Å². The van der Waals surface area contributed by atoms with E-state index in [4.69, 9.17) is 5.73 Å². The number of fused-ring (bicyclic) bond motifs is 1. The van der Waals surface area contributed by atoms with Gasteiger partial charge in [-0.2, -0.15) is 0 Å². The van der Waals surface area contributed by atoms with Crippen LogP contribution in [0.1, 0.15) is 15.9 Å². The molecule has 146 valence electrons. The predicted octanol–water partition coefficient (Wildman–Crippen LogP) is 1.69. The van der Waals surface area contributed by atoms with Crippen molar-refractivity contribution < 1.29 is 4.79 Å². The molecule has 0 aliphatic carbocycles. The number of hydrogen-bond donors (Lipinski definition) is 3. The number of carbonyl (C=O) groups excluding carboxylic acids is 1. The fourth-order valence-electron chi connectivity index (χ4n) is 3.75. The van der Waals surface area contributed by atoms with E-state index in [0.717, 1.165) is 37.2 Å². The molecule has 1 amide bonds.